The summed E-state index contributed by atoms with van der Waals surface area (Å²) in [6.45, 7) is 0. The Hall–Kier alpha value is -1.06. The van der Waals surface area contributed by atoms with Crippen LogP contribution in [-0.2, 0) is 9.53 Å². The van der Waals surface area contributed by atoms with E-state index in [2.05, 4.69) is 9.89 Å². The first kappa shape index (κ1) is 5.94. The van der Waals surface area contributed by atoms with Crippen molar-refractivity contribution in [1.29, 1.82) is 0 Å². The summed E-state index contributed by atoms with van der Waals surface area (Å²) in [6, 6.07) is 0. The molecule has 1 N–H and O–H groups in total. The number of carbonyl (C=O) groups is 1. The molecule has 4 nitrogen and oxygen atoms in total. The van der Waals surface area contributed by atoms with Gasteiger partial charge >= 0.3 is 5.97 Å². The van der Waals surface area contributed by atoms with Gasteiger partial charge in [-0.1, -0.05) is 5.16 Å². The van der Waals surface area contributed by atoms with Crippen LogP contribution in [0.3, 0.4) is 0 Å². The lowest BCUT2D eigenvalue weighted by atomic mass is 10.8. The second-order valence-electron chi connectivity index (χ2n) is 0.768. The molecule has 0 spiro atoms. The third-order valence-corrected chi connectivity index (χ3v) is 0.364. The smallest absolute Gasteiger partial charge is 0.352 e. The lowest BCUT2D eigenvalue weighted by Crippen LogP contribution is -1.99. The molecule has 0 saturated carbocycles. The van der Waals surface area contributed by atoms with E-state index >= 15 is 0 Å². The molecular weight excluding hydrogens is 98.0 g/mol. The maximum absolute atomic E-state index is 9.88. The number of methoxy groups -OCH3 is 1. The molecule has 0 aliphatic carbocycles. The first-order valence-electron chi connectivity index (χ1n) is 1.56. The van der Waals surface area contributed by atoms with E-state index in [1.54, 1.807) is 0 Å². The molecule has 4 heteroatoms. The molecule has 0 atom stereocenters. The van der Waals surface area contributed by atoms with Crippen LogP contribution in [0.25, 0.3) is 0 Å². The third-order valence-electron chi connectivity index (χ3n) is 0.364. The fraction of sp³-hybridized carbons (Fsp3) is 0.333. The number of carbonyl (C=O) groups excluding carboxylic acids is 1. The molecule has 40 valence electrons. The number of esters is 1. The van der Waals surface area contributed by atoms with Crippen LogP contribution in [-0.4, -0.2) is 24.5 Å². The minimum absolute atomic E-state index is 0.664. The largest absolute Gasteiger partial charge is 0.465 e. The van der Waals surface area contributed by atoms with E-state index in [4.69, 9.17) is 5.21 Å². The highest BCUT2D eigenvalue weighted by molar-refractivity contribution is 6.22. The van der Waals surface area contributed by atoms with Crippen molar-refractivity contribution in [3.8, 4) is 0 Å². The summed E-state index contributed by atoms with van der Waals surface area (Å²) in [7, 11) is 1.20. The zero-order valence-corrected chi connectivity index (χ0v) is 3.79. The number of ether oxygens (including phenoxy) is 1. The van der Waals surface area contributed by atoms with Crippen molar-refractivity contribution in [2.45, 2.75) is 0 Å². The second kappa shape index (κ2) is 3.14. The van der Waals surface area contributed by atoms with Crippen LogP contribution < -0.4 is 0 Å². The van der Waals surface area contributed by atoms with Gasteiger partial charge in [0.15, 0.2) is 6.21 Å². The van der Waals surface area contributed by atoms with Crippen LogP contribution in [0, 0.1) is 0 Å². The molecule has 0 aromatic carbocycles. The second-order valence-corrected chi connectivity index (χ2v) is 0.768. The highest BCUT2D eigenvalue weighted by Crippen LogP contribution is 1.62. The number of hydrogen-bond donors (Lipinski definition) is 1. The number of hydrogen-bond acceptors (Lipinski definition) is 4. The van der Waals surface area contributed by atoms with Gasteiger partial charge in [-0.15, -0.1) is 0 Å². The van der Waals surface area contributed by atoms with Gasteiger partial charge in [0.2, 0.25) is 0 Å². The zero-order valence-electron chi connectivity index (χ0n) is 3.79. The SMILES string of the molecule is COC(=O)C=NO. The Morgan fingerprint density at radius 3 is 2.71 bits per heavy atom. The molecule has 0 amide bonds. The lowest BCUT2D eigenvalue weighted by Gasteiger charge is -1.83. The van der Waals surface area contributed by atoms with Crippen molar-refractivity contribution in [3.05, 3.63) is 0 Å². The fourth-order valence-corrected chi connectivity index (χ4v) is 0.0998. The van der Waals surface area contributed by atoms with Crippen LogP contribution in [0.1, 0.15) is 0 Å². The highest BCUT2D eigenvalue weighted by atomic mass is 16.5. The number of rotatable bonds is 1. The topological polar surface area (TPSA) is 58.9 Å². The van der Waals surface area contributed by atoms with Crippen LogP contribution in [0.15, 0.2) is 5.16 Å². The van der Waals surface area contributed by atoms with Crippen molar-refractivity contribution >= 4 is 12.2 Å². The fourth-order valence-electron chi connectivity index (χ4n) is 0.0998. The van der Waals surface area contributed by atoms with Gasteiger partial charge in [-0.3, -0.25) is 0 Å². The van der Waals surface area contributed by atoms with Crippen molar-refractivity contribution in [3.63, 3.8) is 0 Å². The van der Waals surface area contributed by atoms with E-state index in [-0.39, 0.29) is 0 Å². The van der Waals surface area contributed by atoms with Crippen LogP contribution in [0.5, 0.6) is 0 Å². The van der Waals surface area contributed by atoms with Gasteiger partial charge in [-0.25, -0.2) is 4.79 Å². The molecule has 0 bridgehead atoms. The number of oxime groups is 1. The maximum atomic E-state index is 9.88. The molecule has 0 unspecified atom stereocenters. The average molecular weight is 103 g/mol. The van der Waals surface area contributed by atoms with Gasteiger partial charge in [0.05, 0.1) is 7.11 Å². The first-order valence-corrected chi connectivity index (χ1v) is 1.56. The van der Waals surface area contributed by atoms with Gasteiger partial charge < -0.3 is 9.94 Å². The summed E-state index contributed by atoms with van der Waals surface area (Å²) in [5.41, 5.74) is 0. The Bertz CT molecular complexity index is 88.2. The zero-order chi connectivity index (χ0) is 5.70. The molecular formula is C3H5NO3. The van der Waals surface area contributed by atoms with E-state index in [9.17, 15) is 4.79 Å². The summed E-state index contributed by atoms with van der Waals surface area (Å²) >= 11 is 0. The minimum Gasteiger partial charge on any atom is -0.465 e. The molecule has 7 heavy (non-hydrogen) atoms. The Labute approximate surface area is 40.4 Å². The third kappa shape index (κ3) is 2.75. The van der Waals surface area contributed by atoms with E-state index in [0.29, 0.717) is 6.21 Å². The summed E-state index contributed by atoms with van der Waals surface area (Å²) in [4.78, 5) is 9.88. The summed E-state index contributed by atoms with van der Waals surface area (Å²) < 4.78 is 4.04. The van der Waals surface area contributed by atoms with Crippen LogP contribution >= 0.6 is 0 Å². The molecule has 0 aliphatic rings. The minimum atomic E-state index is -0.664. The monoisotopic (exact) mass is 103 g/mol. The van der Waals surface area contributed by atoms with Gasteiger partial charge in [-0.05, 0) is 0 Å². The van der Waals surface area contributed by atoms with Gasteiger partial charge in [0.25, 0.3) is 0 Å². The first-order chi connectivity index (χ1) is 3.31. The normalized spacial score (nSPS) is 9.29. The molecule has 0 radical (unpaired) electrons. The lowest BCUT2D eigenvalue weighted by molar-refractivity contribution is -0.132. The Morgan fingerprint density at radius 2 is 2.57 bits per heavy atom. The number of nitrogens with zero attached hydrogens (tertiary/aromatic N) is 1. The molecule has 0 saturated heterocycles. The quantitative estimate of drug-likeness (QED) is 0.213. The molecule has 0 rings (SSSR count). The highest BCUT2D eigenvalue weighted by Gasteiger charge is 1.87. The van der Waals surface area contributed by atoms with Crippen molar-refractivity contribution in [1.82, 2.24) is 0 Å². The summed E-state index contributed by atoms with van der Waals surface area (Å²) in [5, 5.41) is 10.0. The Balaban J connectivity index is 3.37. The predicted octanol–water partition coefficient (Wildman–Crippen LogP) is -0.381. The van der Waals surface area contributed by atoms with Crippen molar-refractivity contribution in [2.75, 3.05) is 7.11 Å². The molecule has 0 fully saturated rings. The standard InChI is InChI=1S/C3H5NO3/c1-7-3(5)2-4-6/h2,6H,1H3. The van der Waals surface area contributed by atoms with E-state index < -0.39 is 5.97 Å². The molecule has 0 aliphatic heterocycles. The molecule has 0 aromatic rings. The van der Waals surface area contributed by atoms with Gasteiger partial charge in [0.1, 0.15) is 0 Å². The van der Waals surface area contributed by atoms with Gasteiger partial charge in [-0.2, -0.15) is 0 Å². The molecule has 0 heterocycles. The van der Waals surface area contributed by atoms with E-state index in [1.165, 1.54) is 7.11 Å². The predicted molar refractivity (Wildman–Crippen MR) is 22.3 cm³/mol. The van der Waals surface area contributed by atoms with Crippen LogP contribution in [0.2, 0.25) is 0 Å². The Morgan fingerprint density at radius 1 is 2.00 bits per heavy atom. The van der Waals surface area contributed by atoms with Crippen molar-refractivity contribution < 1.29 is 14.7 Å². The van der Waals surface area contributed by atoms with Crippen molar-refractivity contribution in [2.24, 2.45) is 5.16 Å². The van der Waals surface area contributed by atoms with Gasteiger partial charge in [0, 0.05) is 0 Å². The Kier molecular flexibility index (Phi) is 2.67. The summed E-state index contributed by atoms with van der Waals surface area (Å²) in [5.74, 6) is -0.664. The van der Waals surface area contributed by atoms with E-state index in [0.717, 1.165) is 0 Å². The molecule has 0 aromatic heterocycles. The summed E-state index contributed by atoms with van der Waals surface area (Å²) in [6.07, 6.45) is 0.667. The van der Waals surface area contributed by atoms with E-state index in [1.807, 2.05) is 0 Å². The maximum Gasteiger partial charge on any atom is 0.352 e. The van der Waals surface area contributed by atoms with Crippen LogP contribution in [0.4, 0.5) is 0 Å². The average Bonchev–Trinajstić information content (AvgIpc) is 1.68.